The van der Waals surface area contributed by atoms with Crippen molar-refractivity contribution < 1.29 is 4.39 Å². The van der Waals surface area contributed by atoms with Crippen molar-refractivity contribution in [2.24, 2.45) is 0 Å². The second-order valence-corrected chi connectivity index (χ2v) is 5.19. The van der Waals surface area contributed by atoms with E-state index in [2.05, 4.69) is 5.10 Å². The Kier molecular flexibility index (Phi) is 3.62. The van der Waals surface area contributed by atoms with Crippen molar-refractivity contribution in [2.75, 3.05) is 5.73 Å². The van der Waals surface area contributed by atoms with Crippen LogP contribution in [0, 0.1) is 5.82 Å². The highest BCUT2D eigenvalue weighted by Crippen LogP contribution is 2.22. The number of nitrogen functional groups attached to an aromatic ring is 1. The lowest BCUT2D eigenvalue weighted by atomic mass is 10.1. The molecule has 0 aliphatic rings. The van der Waals surface area contributed by atoms with E-state index in [0.29, 0.717) is 28.6 Å². The monoisotopic (exact) mass is 301 g/mol. The number of rotatable bonds is 3. The minimum absolute atomic E-state index is 0.296. The first kappa shape index (κ1) is 13.6. The zero-order chi connectivity index (χ0) is 14.8. The Hall–Kier alpha value is -2.33. The summed E-state index contributed by atoms with van der Waals surface area (Å²) in [5.41, 5.74) is 8.33. The molecule has 5 heteroatoms. The van der Waals surface area contributed by atoms with Crippen molar-refractivity contribution in [1.82, 2.24) is 9.78 Å². The molecule has 2 N–H and O–H groups in total. The van der Waals surface area contributed by atoms with Crippen LogP contribution in [-0.4, -0.2) is 9.78 Å². The molecule has 0 aliphatic carbocycles. The van der Waals surface area contributed by atoms with Crippen LogP contribution in [0.1, 0.15) is 5.56 Å². The Morgan fingerprint density at radius 1 is 1.10 bits per heavy atom. The van der Waals surface area contributed by atoms with Gasteiger partial charge in [0.05, 0.1) is 12.2 Å². The summed E-state index contributed by atoms with van der Waals surface area (Å²) < 4.78 is 14.9. The van der Waals surface area contributed by atoms with Gasteiger partial charge in [-0.15, -0.1) is 0 Å². The van der Waals surface area contributed by atoms with E-state index in [1.54, 1.807) is 22.9 Å². The molecule has 0 saturated heterocycles. The Morgan fingerprint density at radius 3 is 2.67 bits per heavy atom. The van der Waals surface area contributed by atoms with Gasteiger partial charge in [-0.25, -0.2) is 9.07 Å². The lowest BCUT2D eigenvalue weighted by molar-refractivity contribution is 0.628. The molecule has 1 heterocycles. The fourth-order valence-corrected chi connectivity index (χ4v) is 2.37. The van der Waals surface area contributed by atoms with E-state index < -0.39 is 0 Å². The van der Waals surface area contributed by atoms with Crippen LogP contribution in [0.2, 0.25) is 5.02 Å². The molecule has 0 amide bonds. The van der Waals surface area contributed by atoms with Gasteiger partial charge in [0, 0.05) is 16.7 Å². The largest absolute Gasteiger partial charge is 0.384 e. The maximum atomic E-state index is 13.3. The summed E-state index contributed by atoms with van der Waals surface area (Å²) in [5.74, 6) is 0.227. The van der Waals surface area contributed by atoms with E-state index in [1.807, 2.05) is 24.3 Å². The number of benzene rings is 2. The van der Waals surface area contributed by atoms with Crippen molar-refractivity contribution in [3.05, 3.63) is 71.0 Å². The number of nitrogens with zero attached hydrogens (tertiary/aromatic N) is 2. The van der Waals surface area contributed by atoms with Crippen molar-refractivity contribution in [1.29, 1.82) is 0 Å². The molecule has 0 unspecified atom stereocenters. The molecule has 0 bridgehead atoms. The van der Waals surface area contributed by atoms with Gasteiger partial charge in [-0.1, -0.05) is 35.9 Å². The zero-order valence-corrected chi connectivity index (χ0v) is 11.9. The van der Waals surface area contributed by atoms with Gasteiger partial charge in [-0.05, 0) is 29.8 Å². The summed E-state index contributed by atoms with van der Waals surface area (Å²) >= 11 is 5.97. The molecule has 21 heavy (non-hydrogen) atoms. The highest BCUT2D eigenvalue weighted by molar-refractivity contribution is 6.30. The maximum absolute atomic E-state index is 13.3. The second-order valence-electron chi connectivity index (χ2n) is 4.75. The molecule has 1 aromatic heterocycles. The van der Waals surface area contributed by atoms with Crippen LogP contribution in [0.4, 0.5) is 10.2 Å². The highest BCUT2D eigenvalue weighted by atomic mass is 35.5. The van der Waals surface area contributed by atoms with Gasteiger partial charge in [-0.3, -0.25) is 0 Å². The van der Waals surface area contributed by atoms with E-state index in [4.69, 9.17) is 17.3 Å². The van der Waals surface area contributed by atoms with Crippen LogP contribution < -0.4 is 5.73 Å². The van der Waals surface area contributed by atoms with E-state index >= 15 is 0 Å². The first-order chi connectivity index (χ1) is 10.1. The van der Waals surface area contributed by atoms with Crippen molar-refractivity contribution in [3.8, 4) is 11.3 Å². The zero-order valence-electron chi connectivity index (χ0n) is 11.1. The van der Waals surface area contributed by atoms with E-state index in [0.717, 1.165) is 5.56 Å². The van der Waals surface area contributed by atoms with Gasteiger partial charge in [0.25, 0.3) is 0 Å². The third-order valence-corrected chi connectivity index (χ3v) is 3.39. The van der Waals surface area contributed by atoms with E-state index in [-0.39, 0.29) is 5.82 Å². The summed E-state index contributed by atoms with van der Waals surface area (Å²) in [5, 5.41) is 5.10. The lowest BCUT2D eigenvalue weighted by Crippen LogP contribution is -2.05. The molecule has 3 aromatic rings. The van der Waals surface area contributed by atoms with E-state index in [9.17, 15) is 4.39 Å². The highest BCUT2D eigenvalue weighted by Gasteiger charge is 2.08. The molecular weight excluding hydrogens is 289 g/mol. The molecular formula is C16H13ClFN3. The number of hydrogen-bond donors (Lipinski definition) is 1. The predicted molar refractivity (Wildman–Crippen MR) is 82.6 cm³/mol. The molecule has 0 radical (unpaired) electrons. The van der Waals surface area contributed by atoms with Gasteiger partial charge in [0.1, 0.15) is 11.6 Å². The summed E-state index contributed by atoms with van der Waals surface area (Å²) in [6, 6.07) is 15.5. The molecule has 3 rings (SSSR count). The Bertz CT molecular complexity index is 783. The Balaban J connectivity index is 1.91. The van der Waals surface area contributed by atoms with Crippen LogP contribution >= 0.6 is 11.6 Å². The first-order valence-corrected chi connectivity index (χ1v) is 6.83. The van der Waals surface area contributed by atoms with Gasteiger partial charge in [-0.2, -0.15) is 5.10 Å². The first-order valence-electron chi connectivity index (χ1n) is 6.45. The van der Waals surface area contributed by atoms with Crippen molar-refractivity contribution in [3.63, 3.8) is 0 Å². The van der Waals surface area contributed by atoms with E-state index in [1.165, 1.54) is 12.1 Å². The lowest BCUT2D eigenvalue weighted by Gasteiger charge is -2.04. The molecule has 2 aromatic carbocycles. The minimum Gasteiger partial charge on any atom is -0.384 e. The SMILES string of the molecule is Nc1cc(-c2cccc(F)c2)nn1Cc1cccc(Cl)c1. The van der Waals surface area contributed by atoms with Crippen LogP contribution in [0.15, 0.2) is 54.6 Å². The Morgan fingerprint density at radius 2 is 1.90 bits per heavy atom. The van der Waals surface area contributed by atoms with Gasteiger partial charge >= 0.3 is 0 Å². The average molecular weight is 302 g/mol. The van der Waals surface area contributed by atoms with Crippen molar-refractivity contribution in [2.45, 2.75) is 6.54 Å². The Labute approximate surface area is 126 Å². The third-order valence-electron chi connectivity index (χ3n) is 3.15. The summed E-state index contributed by atoms with van der Waals surface area (Å²) in [6.07, 6.45) is 0. The quantitative estimate of drug-likeness (QED) is 0.795. The van der Waals surface area contributed by atoms with Crippen LogP contribution in [0.5, 0.6) is 0 Å². The topological polar surface area (TPSA) is 43.8 Å². The summed E-state index contributed by atoms with van der Waals surface area (Å²) in [6.45, 7) is 0.516. The number of halogens is 2. The smallest absolute Gasteiger partial charge is 0.123 e. The van der Waals surface area contributed by atoms with Crippen molar-refractivity contribution >= 4 is 17.4 Å². The molecule has 0 spiro atoms. The molecule has 3 nitrogen and oxygen atoms in total. The van der Waals surface area contributed by atoms with Crippen LogP contribution in [0.25, 0.3) is 11.3 Å². The molecule has 0 saturated carbocycles. The molecule has 106 valence electrons. The molecule has 0 atom stereocenters. The third kappa shape index (κ3) is 3.06. The molecule has 0 fully saturated rings. The fourth-order valence-electron chi connectivity index (χ4n) is 2.16. The van der Waals surface area contributed by atoms with Gasteiger partial charge in [0.15, 0.2) is 0 Å². The van der Waals surface area contributed by atoms with Crippen LogP contribution in [-0.2, 0) is 6.54 Å². The fraction of sp³-hybridized carbons (Fsp3) is 0.0625. The number of nitrogens with two attached hydrogens (primary N) is 1. The van der Waals surface area contributed by atoms with Gasteiger partial charge < -0.3 is 5.73 Å². The average Bonchev–Trinajstić information content (AvgIpc) is 2.80. The minimum atomic E-state index is -0.296. The molecule has 0 aliphatic heterocycles. The summed E-state index contributed by atoms with van der Waals surface area (Å²) in [7, 11) is 0. The number of hydrogen-bond acceptors (Lipinski definition) is 2. The maximum Gasteiger partial charge on any atom is 0.123 e. The van der Waals surface area contributed by atoms with Crippen LogP contribution in [0.3, 0.4) is 0 Å². The standard InChI is InChI=1S/C16H13ClFN3/c17-13-5-1-3-11(7-13)10-21-16(19)9-15(20-21)12-4-2-6-14(18)8-12/h1-9H,10,19H2. The number of aromatic nitrogens is 2. The second kappa shape index (κ2) is 5.58. The normalized spacial score (nSPS) is 10.8. The van der Waals surface area contributed by atoms with Gasteiger partial charge in [0.2, 0.25) is 0 Å². The summed E-state index contributed by atoms with van der Waals surface area (Å²) in [4.78, 5) is 0. The number of anilines is 1. The predicted octanol–water partition coefficient (Wildman–Crippen LogP) is 3.97.